The van der Waals surface area contributed by atoms with Gasteiger partial charge in [0.15, 0.2) is 0 Å². The molecule has 0 saturated carbocycles. The Labute approximate surface area is 110 Å². The smallest absolute Gasteiger partial charge is 0.0951 e. The van der Waals surface area contributed by atoms with Gasteiger partial charge in [-0.2, -0.15) is 0 Å². The maximum Gasteiger partial charge on any atom is 0.0951 e. The average Bonchev–Trinajstić information content (AvgIpc) is 2.46. The molecular weight excluding hydrogens is 224 g/mol. The Morgan fingerprint density at radius 1 is 1.22 bits per heavy atom. The van der Waals surface area contributed by atoms with E-state index in [4.69, 9.17) is 10.5 Å². The first kappa shape index (κ1) is 13.5. The van der Waals surface area contributed by atoms with Gasteiger partial charge in [0.2, 0.25) is 0 Å². The van der Waals surface area contributed by atoms with Gasteiger partial charge in [-0.05, 0) is 37.9 Å². The molecule has 0 radical (unpaired) electrons. The fourth-order valence-electron chi connectivity index (χ4n) is 2.81. The molecule has 0 aliphatic carbocycles. The minimum absolute atomic E-state index is 0.0829. The lowest BCUT2D eigenvalue weighted by molar-refractivity contribution is -0.0623. The zero-order valence-corrected chi connectivity index (χ0v) is 11.3. The van der Waals surface area contributed by atoms with Crippen molar-refractivity contribution in [1.82, 2.24) is 4.90 Å². The number of benzene rings is 1. The minimum Gasteiger partial charge on any atom is -0.373 e. The van der Waals surface area contributed by atoms with Crippen molar-refractivity contribution < 1.29 is 4.74 Å². The van der Waals surface area contributed by atoms with Crippen molar-refractivity contribution in [2.75, 3.05) is 33.3 Å². The highest BCUT2D eigenvalue weighted by atomic mass is 16.5. The van der Waals surface area contributed by atoms with Crippen LogP contribution in [-0.4, -0.2) is 38.2 Å². The van der Waals surface area contributed by atoms with E-state index in [-0.39, 0.29) is 5.60 Å². The van der Waals surface area contributed by atoms with Crippen molar-refractivity contribution in [3.63, 3.8) is 0 Å². The lowest BCUT2D eigenvalue weighted by atomic mass is 9.84. The minimum atomic E-state index is -0.0829. The Bertz CT molecular complexity index is 345. The van der Waals surface area contributed by atoms with E-state index in [2.05, 4.69) is 35.2 Å². The first-order valence-electron chi connectivity index (χ1n) is 6.84. The zero-order valence-electron chi connectivity index (χ0n) is 11.3. The van der Waals surface area contributed by atoms with E-state index in [1.54, 1.807) is 0 Å². The largest absolute Gasteiger partial charge is 0.373 e. The Morgan fingerprint density at radius 2 is 1.89 bits per heavy atom. The van der Waals surface area contributed by atoms with Crippen molar-refractivity contribution in [2.24, 2.45) is 5.73 Å². The summed E-state index contributed by atoms with van der Waals surface area (Å²) in [6.45, 7) is 4.10. The Hall–Kier alpha value is -0.900. The van der Waals surface area contributed by atoms with Crippen LogP contribution in [-0.2, 0) is 10.3 Å². The molecule has 100 valence electrons. The molecule has 1 aliphatic heterocycles. The predicted molar refractivity (Wildman–Crippen MR) is 74.5 cm³/mol. The van der Waals surface area contributed by atoms with E-state index in [0.29, 0.717) is 0 Å². The van der Waals surface area contributed by atoms with Gasteiger partial charge in [-0.3, -0.25) is 0 Å². The molecule has 0 amide bonds. The molecule has 0 atom stereocenters. The van der Waals surface area contributed by atoms with E-state index >= 15 is 0 Å². The number of nitrogens with zero attached hydrogens (tertiary/aromatic N) is 1. The standard InChI is InChI=1S/C15H24N2O/c1-18-15(14-6-3-2-4-7-14)8-12-17(13-9-15)11-5-10-16/h2-4,6-7H,5,8-13,16H2,1H3. The number of rotatable bonds is 5. The van der Waals surface area contributed by atoms with Gasteiger partial charge in [-0.1, -0.05) is 30.3 Å². The molecule has 18 heavy (non-hydrogen) atoms. The van der Waals surface area contributed by atoms with Gasteiger partial charge in [0.25, 0.3) is 0 Å². The molecule has 0 aromatic heterocycles. The number of likely N-dealkylation sites (tertiary alicyclic amines) is 1. The van der Waals surface area contributed by atoms with Crippen molar-refractivity contribution in [3.8, 4) is 0 Å². The van der Waals surface area contributed by atoms with Crippen molar-refractivity contribution in [2.45, 2.75) is 24.9 Å². The van der Waals surface area contributed by atoms with Gasteiger partial charge >= 0.3 is 0 Å². The average molecular weight is 248 g/mol. The zero-order chi connectivity index (χ0) is 12.8. The van der Waals surface area contributed by atoms with Crippen LogP contribution in [0.4, 0.5) is 0 Å². The number of nitrogens with two attached hydrogens (primary N) is 1. The van der Waals surface area contributed by atoms with Crippen LogP contribution >= 0.6 is 0 Å². The first-order valence-corrected chi connectivity index (χ1v) is 6.84. The summed E-state index contributed by atoms with van der Waals surface area (Å²) in [6.07, 6.45) is 3.22. The normalized spacial score (nSPS) is 19.9. The molecule has 1 aliphatic rings. The van der Waals surface area contributed by atoms with E-state index in [9.17, 15) is 0 Å². The summed E-state index contributed by atoms with van der Waals surface area (Å²) in [5.41, 5.74) is 6.79. The summed E-state index contributed by atoms with van der Waals surface area (Å²) in [5, 5.41) is 0. The van der Waals surface area contributed by atoms with Gasteiger partial charge in [-0.25, -0.2) is 0 Å². The fourth-order valence-corrected chi connectivity index (χ4v) is 2.81. The second-order valence-corrected chi connectivity index (χ2v) is 5.05. The van der Waals surface area contributed by atoms with Crippen LogP contribution in [0.5, 0.6) is 0 Å². The number of methoxy groups -OCH3 is 1. The van der Waals surface area contributed by atoms with Crippen LogP contribution in [0.15, 0.2) is 30.3 Å². The van der Waals surface area contributed by atoms with Crippen LogP contribution in [0.25, 0.3) is 0 Å². The van der Waals surface area contributed by atoms with E-state index in [1.165, 1.54) is 5.56 Å². The summed E-state index contributed by atoms with van der Waals surface area (Å²) in [7, 11) is 1.84. The van der Waals surface area contributed by atoms with Crippen LogP contribution in [0.2, 0.25) is 0 Å². The molecule has 2 rings (SSSR count). The van der Waals surface area contributed by atoms with Gasteiger partial charge in [0.1, 0.15) is 0 Å². The molecule has 0 bridgehead atoms. The third kappa shape index (κ3) is 2.91. The summed E-state index contributed by atoms with van der Waals surface area (Å²) in [4.78, 5) is 2.49. The van der Waals surface area contributed by atoms with Gasteiger partial charge in [0, 0.05) is 20.2 Å². The second kappa shape index (κ2) is 6.32. The first-order chi connectivity index (χ1) is 8.80. The molecule has 3 heteroatoms. The maximum absolute atomic E-state index is 5.87. The topological polar surface area (TPSA) is 38.5 Å². The molecule has 1 fully saturated rings. The van der Waals surface area contributed by atoms with Crippen molar-refractivity contribution >= 4 is 0 Å². The third-order valence-electron chi connectivity index (χ3n) is 4.03. The lowest BCUT2D eigenvalue weighted by Crippen LogP contribution is -2.44. The predicted octanol–water partition coefficient (Wildman–Crippen LogP) is 1.97. The number of ether oxygens (including phenoxy) is 1. The van der Waals surface area contributed by atoms with Gasteiger partial charge in [-0.15, -0.1) is 0 Å². The number of hydrogen-bond donors (Lipinski definition) is 1. The van der Waals surface area contributed by atoms with E-state index in [0.717, 1.165) is 45.4 Å². The molecule has 1 aromatic carbocycles. The van der Waals surface area contributed by atoms with Gasteiger partial charge in [0.05, 0.1) is 5.60 Å². The van der Waals surface area contributed by atoms with Crippen molar-refractivity contribution in [3.05, 3.63) is 35.9 Å². The molecule has 1 aromatic rings. The van der Waals surface area contributed by atoms with Crippen LogP contribution in [0, 0.1) is 0 Å². The third-order valence-corrected chi connectivity index (χ3v) is 4.03. The Kier molecular flexibility index (Phi) is 4.75. The van der Waals surface area contributed by atoms with Gasteiger partial charge < -0.3 is 15.4 Å². The summed E-state index contributed by atoms with van der Waals surface area (Å²) in [6, 6.07) is 10.6. The summed E-state index contributed by atoms with van der Waals surface area (Å²) < 4.78 is 5.87. The van der Waals surface area contributed by atoms with Crippen LogP contribution in [0.3, 0.4) is 0 Å². The highest BCUT2D eigenvalue weighted by molar-refractivity contribution is 5.23. The van der Waals surface area contributed by atoms with E-state index in [1.807, 2.05) is 7.11 Å². The highest BCUT2D eigenvalue weighted by Gasteiger charge is 2.35. The Balaban J connectivity index is 2.00. The summed E-state index contributed by atoms with van der Waals surface area (Å²) >= 11 is 0. The second-order valence-electron chi connectivity index (χ2n) is 5.05. The molecule has 0 unspecified atom stereocenters. The van der Waals surface area contributed by atoms with Crippen molar-refractivity contribution in [1.29, 1.82) is 0 Å². The lowest BCUT2D eigenvalue weighted by Gasteiger charge is -2.41. The molecular formula is C15H24N2O. The highest BCUT2D eigenvalue weighted by Crippen LogP contribution is 2.35. The molecule has 3 nitrogen and oxygen atoms in total. The molecule has 1 heterocycles. The Morgan fingerprint density at radius 3 is 2.44 bits per heavy atom. The van der Waals surface area contributed by atoms with Crippen LogP contribution in [0.1, 0.15) is 24.8 Å². The molecule has 0 spiro atoms. The maximum atomic E-state index is 5.87. The monoisotopic (exact) mass is 248 g/mol. The fraction of sp³-hybridized carbons (Fsp3) is 0.600. The van der Waals surface area contributed by atoms with E-state index < -0.39 is 0 Å². The summed E-state index contributed by atoms with van der Waals surface area (Å²) in [5.74, 6) is 0. The SMILES string of the molecule is COC1(c2ccccc2)CCN(CCCN)CC1. The molecule has 2 N–H and O–H groups in total. The number of hydrogen-bond acceptors (Lipinski definition) is 3. The van der Waals surface area contributed by atoms with Crippen LogP contribution < -0.4 is 5.73 Å². The number of piperidine rings is 1. The quantitative estimate of drug-likeness (QED) is 0.866. The molecule has 1 saturated heterocycles.